The van der Waals surface area contributed by atoms with E-state index in [9.17, 15) is 9.90 Å². The zero-order valence-corrected chi connectivity index (χ0v) is 10.8. The molecule has 0 radical (unpaired) electrons. The highest BCUT2D eigenvalue weighted by atomic mass is 16.5. The predicted octanol–water partition coefficient (Wildman–Crippen LogP) is 0.855. The van der Waals surface area contributed by atoms with Gasteiger partial charge in [-0.2, -0.15) is 0 Å². The van der Waals surface area contributed by atoms with Gasteiger partial charge in [0.1, 0.15) is 5.60 Å². The van der Waals surface area contributed by atoms with Crippen LogP contribution in [0.5, 0.6) is 0 Å². The smallest absolute Gasteiger partial charge is 0.223 e. The fourth-order valence-electron chi connectivity index (χ4n) is 3.46. The number of aliphatic hydroxyl groups is 1. The number of hydrogen-bond donors (Lipinski definition) is 2. The summed E-state index contributed by atoms with van der Waals surface area (Å²) in [5.41, 5.74) is -0.886. The third-order valence-corrected chi connectivity index (χ3v) is 4.84. The van der Waals surface area contributed by atoms with Crippen molar-refractivity contribution in [3.05, 3.63) is 12.2 Å². The van der Waals surface area contributed by atoms with Crippen LogP contribution in [0.3, 0.4) is 0 Å². The van der Waals surface area contributed by atoms with Crippen LogP contribution < -0.4 is 5.32 Å². The average Bonchev–Trinajstić information content (AvgIpc) is 3.04. The van der Waals surface area contributed by atoms with Gasteiger partial charge in [-0.05, 0) is 31.6 Å². The number of ether oxygens (including phenoxy) is 1. The highest BCUT2D eigenvalue weighted by Gasteiger charge is 2.43. The number of allylic oxidation sites excluding steroid dienone is 2. The maximum Gasteiger partial charge on any atom is 0.223 e. The van der Waals surface area contributed by atoms with Gasteiger partial charge in [-0.15, -0.1) is 0 Å². The fourth-order valence-corrected chi connectivity index (χ4v) is 3.46. The predicted molar refractivity (Wildman–Crippen MR) is 66.8 cm³/mol. The second-order valence-electron chi connectivity index (χ2n) is 5.97. The third kappa shape index (κ3) is 1.97. The lowest BCUT2D eigenvalue weighted by atomic mass is 9.91. The SMILES string of the molecule is CC1OCCC1(O)CNC(=O)C1CC2C=CC1C2. The summed E-state index contributed by atoms with van der Waals surface area (Å²) in [5, 5.41) is 13.2. The van der Waals surface area contributed by atoms with Crippen molar-refractivity contribution < 1.29 is 14.6 Å². The van der Waals surface area contributed by atoms with Gasteiger partial charge in [-0.1, -0.05) is 12.2 Å². The van der Waals surface area contributed by atoms with Crippen molar-refractivity contribution in [2.24, 2.45) is 17.8 Å². The summed E-state index contributed by atoms with van der Waals surface area (Å²) < 4.78 is 5.36. The largest absolute Gasteiger partial charge is 0.385 e. The van der Waals surface area contributed by atoms with E-state index in [2.05, 4.69) is 17.5 Å². The van der Waals surface area contributed by atoms with Crippen LogP contribution in [0, 0.1) is 17.8 Å². The molecule has 100 valence electrons. The number of nitrogens with one attached hydrogen (secondary N) is 1. The molecule has 4 nitrogen and oxygen atoms in total. The van der Waals surface area contributed by atoms with E-state index >= 15 is 0 Å². The van der Waals surface area contributed by atoms with Crippen molar-refractivity contribution in [2.75, 3.05) is 13.2 Å². The average molecular weight is 251 g/mol. The van der Waals surface area contributed by atoms with Crippen molar-refractivity contribution in [1.82, 2.24) is 5.32 Å². The Kier molecular flexibility index (Phi) is 2.94. The van der Waals surface area contributed by atoms with E-state index in [0.29, 0.717) is 31.4 Å². The molecule has 1 saturated carbocycles. The summed E-state index contributed by atoms with van der Waals surface area (Å²) >= 11 is 0. The molecule has 0 aromatic heterocycles. The van der Waals surface area contributed by atoms with Crippen LogP contribution in [0.15, 0.2) is 12.2 Å². The molecule has 2 N–H and O–H groups in total. The molecule has 0 spiro atoms. The Balaban J connectivity index is 1.54. The molecule has 1 amide bonds. The first-order chi connectivity index (χ1) is 8.58. The van der Waals surface area contributed by atoms with E-state index in [1.807, 2.05) is 6.92 Å². The van der Waals surface area contributed by atoms with Gasteiger partial charge in [0.05, 0.1) is 6.10 Å². The molecular weight excluding hydrogens is 230 g/mol. The lowest BCUT2D eigenvalue weighted by Crippen LogP contribution is -2.49. The molecular formula is C14H21NO3. The summed E-state index contributed by atoms with van der Waals surface area (Å²) in [5.74, 6) is 1.23. The Labute approximate surface area is 107 Å². The van der Waals surface area contributed by atoms with E-state index in [4.69, 9.17) is 4.74 Å². The maximum atomic E-state index is 12.1. The van der Waals surface area contributed by atoms with E-state index in [1.165, 1.54) is 0 Å². The molecule has 0 aromatic rings. The van der Waals surface area contributed by atoms with Gasteiger partial charge in [-0.3, -0.25) is 4.79 Å². The van der Waals surface area contributed by atoms with Crippen LogP contribution in [0.1, 0.15) is 26.2 Å². The summed E-state index contributed by atoms with van der Waals surface area (Å²) in [4.78, 5) is 12.1. The van der Waals surface area contributed by atoms with Crippen molar-refractivity contribution in [3.63, 3.8) is 0 Å². The zero-order chi connectivity index (χ0) is 12.8. The summed E-state index contributed by atoms with van der Waals surface area (Å²) in [7, 11) is 0. The summed E-state index contributed by atoms with van der Waals surface area (Å²) in [6.07, 6.45) is 6.91. The number of fused-ring (bicyclic) bond motifs is 2. The number of rotatable bonds is 3. The number of carbonyl (C=O) groups is 1. The molecule has 2 bridgehead atoms. The van der Waals surface area contributed by atoms with Crippen LogP contribution >= 0.6 is 0 Å². The van der Waals surface area contributed by atoms with Gasteiger partial charge in [-0.25, -0.2) is 0 Å². The minimum atomic E-state index is -0.886. The molecule has 2 aliphatic carbocycles. The normalized spacial score (nSPS) is 45.7. The van der Waals surface area contributed by atoms with Crippen LogP contribution in [-0.4, -0.2) is 35.9 Å². The number of carbonyl (C=O) groups excluding carboxylic acids is 1. The highest BCUT2D eigenvalue weighted by molar-refractivity contribution is 5.80. The third-order valence-electron chi connectivity index (χ3n) is 4.84. The lowest BCUT2D eigenvalue weighted by Gasteiger charge is -2.27. The Hall–Kier alpha value is -0.870. The molecule has 1 saturated heterocycles. The molecule has 2 fully saturated rings. The van der Waals surface area contributed by atoms with Gasteiger partial charge >= 0.3 is 0 Å². The molecule has 3 aliphatic rings. The number of hydrogen-bond acceptors (Lipinski definition) is 3. The molecule has 1 heterocycles. The monoisotopic (exact) mass is 251 g/mol. The van der Waals surface area contributed by atoms with Gasteiger partial charge in [0.2, 0.25) is 5.91 Å². The molecule has 18 heavy (non-hydrogen) atoms. The summed E-state index contributed by atoms with van der Waals surface area (Å²) in [6.45, 7) is 2.74. The van der Waals surface area contributed by atoms with Crippen LogP contribution in [0.25, 0.3) is 0 Å². The van der Waals surface area contributed by atoms with E-state index in [0.717, 1.165) is 12.8 Å². The van der Waals surface area contributed by atoms with E-state index in [1.54, 1.807) is 0 Å². The highest BCUT2D eigenvalue weighted by Crippen LogP contribution is 2.43. The van der Waals surface area contributed by atoms with Crippen LogP contribution in [0.2, 0.25) is 0 Å². The Morgan fingerprint density at radius 2 is 2.33 bits per heavy atom. The van der Waals surface area contributed by atoms with Gasteiger partial charge in [0, 0.05) is 25.5 Å². The van der Waals surface area contributed by atoms with Crippen LogP contribution in [-0.2, 0) is 9.53 Å². The minimum Gasteiger partial charge on any atom is -0.385 e. The van der Waals surface area contributed by atoms with Crippen molar-refractivity contribution in [2.45, 2.75) is 37.9 Å². The standard InChI is InChI=1S/C14H21NO3/c1-9-14(17,4-5-18-9)8-15-13(16)12-7-10-2-3-11(12)6-10/h2-3,9-12,17H,4-8H2,1H3,(H,15,16). The second kappa shape index (κ2) is 4.35. The molecule has 4 heteroatoms. The van der Waals surface area contributed by atoms with Crippen LogP contribution in [0.4, 0.5) is 0 Å². The molecule has 1 aliphatic heterocycles. The van der Waals surface area contributed by atoms with Crippen molar-refractivity contribution >= 4 is 5.91 Å². The van der Waals surface area contributed by atoms with Crippen molar-refractivity contribution in [3.8, 4) is 0 Å². The first-order valence-corrected chi connectivity index (χ1v) is 6.88. The van der Waals surface area contributed by atoms with Gasteiger partial charge in [0.25, 0.3) is 0 Å². The quantitative estimate of drug-likeness (QED) is 0.731. The fraction of sp³-hybridized carbons (Fsp3) is 0.786. The topological polar surface area (TPSA) is 58.6 Å². The second-order valence-corrected chi connectivity index (χ2v) is 5.97. The number of amides is 1. The van der Waals surface area contributed by atoms with E-state index < -0.39 is 5.60 Å². The van der Waals surface area contributed by atoms with Crippen molar-refractivity contribution in [1.29, 1.82) is 0 Å². The Morgan fingerprint density at radius 1 is 1.50 bits per heavy atom. The maximum absolute atomic E-state index is 12.1. The Morgan fingerprint density at radius 3 is 2.89 bits per heavy atom. The molecule has 0 aromatic carbocycles. The lowest BCUT2D eigenvalue weighted by molar-refractivity contribution is -0.127. The molecule has 3 rings (SSSR count). The zero-order valence-electron chi connectivity index (χ0n) is 10.8. The van der Waals surface area contributed by atoms with Gasteiger partial charge < -0.3 is 15.2 Å². The molecule has 5 unspecified atom stereocenters. The van der Waals surface area contributed by atoms with E-state index in [-0.39, 0.29) is 17.9 Å². The molecule has 5 atom stereocenters. The summed E-state index contributed by atoms with van der Waals surface area (Å²) in [6, 6.07) is 0. The first-order valence-electron chi connectivity index (χ1n) is 6.88. The van der Waals surface area contributed by atoms with Gasteiger partial charge in [0.15, 0.2) is 0 Å². The first kappa shape index (κ1) is 12.2. The minimum absolute atomic E-state index is 0.0966. The Bertz CT molecular complexity index is 381.